The van der Waals surface area contributed by atoms with Crippen LogP contribution < -0.4 is 4.74 Å². The monoisotopic (exact) mass is 290 g/mol. The molecule has 0 N–H and O–H groups in total. The van der Waals surface area contributed by atoms with Crippen molar-refractivity contribution in [1.29, 1.82) is 0 Å². The summed E-state index contributed by atoms with van der Waals surface area (Å²) in [6.07, 6.45) is 3.79. The first-order chi connectivity index (χ1) is 10.2. The van der Waals surface area contributed by atoms with Gasteiger partial charge in [0, 0.05) is 12.5 Å². The molecule has 0 radical (unpaired) electrons. The van der Waals surface area contributed by atoms with E-state index in [2.05, 4.69) is 6.92 Å². The molecule has 21 heavy (non-hydrogen) atoms. The minimum Gasteiger partial charge on any atom is -0.482 e. The number of esters is 1. The summed E-state index contributed by atoms with van der Waals surface area (Å²) >= 11 is 0. The predicted octanol–water partition coefficient (Wildman–Crippen LogP) is 2.74. The van der Waals surface area contributed by atoms with Gasteiger partial charge in [-0.3, -0.25) is 0 Å². The summed E-state index contributed by atoms with van der Waals surface area (Å²) in [6, 6.07) is 7.80. The van der Waals surface area contributed by atoms with Gasteiger partial charge in [0.05, 0.1) is 6.61 Å². The summed E-state index contributed by atoms with van der Waals surface area (Å²) < 4.78 is 16.7. The van der Waals surface area contributed by atoms with Crippen molar-refractivity contribution in [2.75, 3.05) is 19.8 Å². The van der Waals surface area contributed by atoms with Gasteiger partial charge >= 0.3 is 5.97 Å². The van der Waals surface area contributed by atoms with Gasteiger partial charge in [-0.15, -0.1) is 0 Å². The molecule has 0 amide bonds. The summed E-state index contributed by atoms with van der Waals surface area (Å²) in [4.78, 5) is 12.0. The Balaban J connectivity index is 1.53. The lowest BCUT2D eigenvalue weighted by Gasteiger charge is -2.22. The first-order valence-corrected chi connectivity index (χ1v) is 7.74. The van der Waals surface area contributed by atoms with Gasteiger partial charge in [0.2, 0.25) is 0 Å². The largest absolute Gasteiger partial charge is 0.482 e. The molecule has 1 aromatic rings. The van der Waals surface area contributed by atoms with Crippen molar-refractivity contribution in [3.63, 3.8) is 0 Å². The lowest BCUT2D eigenvalue weighted by molar-refractivity contribution is -0.157. The molecule has 0 spiro atoms. The lowest BCUT2D eigenvalue weighted by Crippen LogP contribution is -2.31. The molecular formula is C17H22O4. The normalized spacial score (nSPS) is 22.8. The SMILES string of the molecule is CCc1ccccc1OCC(=O)OC1([C@@H]2CCOC2)CC1. The molecule has 2 aliphatic rings. The van der Waals surface area contributed by atoms with Crippen LogP contribution in [0.2, 0.25) is 0 Å². The van der Waals surface area contributed by atoms with E-state index >= 15 is 0 Å². The number of hydrogen-bond acceptors (Lipinski definition) is 4. The van der Waals surface area contributed by atoms with Gasteiger partial charge in [-0.1, -0.05) is 25.1 Å². The topological polar surface area (TPSA) is 44.8 Å². The highest BCUT2D eigenvalue weighted by Crippen LogP contribution is 2.49. The minimum atomic E-state index is -0.273. The van der Waals surface area contributed by atoms with Gasteiger partial charge in [0.1, 0.15) is 11.4 Å². The van der Waals surface area contributed by atoms with Gasteiger partial charge in [-0.05, 0) is 37.3 Å². The number of ether oxygens (including phenoxy) is 3. The summed E-state index contributed by atoms with van der Waals surface area (Å²) in [5.41, 5.74) is 0.844. The summed E-state index contributed by atoms with van der Waals surface area (Å²) in [6.45, 7) is 3.54. The number of para-hydroxylation sites is 1. The first-order valence-electron chi connectivity index (χ1n) is 7.74. The van der Waals surface area contributed by atoms with Crippen LogP contribution in [0.4, 0.5) is 0 Å². The highest BCUT2D eigenvalue weighted by molar-refractivity contribution is 5.72. The fourth-order valence-electron chi connectivity index (χ4n) is 3.00. The van der Waals surface area contributed by atoms with Crippen molar-refractivity contribution in [1.82, 2.24) is 0 Å². The standard InChI is InChI=1S/C17H22O4/c1-2-13-5-3-4-6-15(13)20-12-16(18)21-17(8-9-17)14-7-10-19-11-14/h3-6,14H,2,7-12H2,1H3/t14-/m1/s1. The van der Waals surface area contributed by atoms with Crippen molar-refractivity contribution < 1.29 is 19.0 Å². The molecule has 3 rings (SSSR count). The van der Waals surface area contributed by atoms with E-state index in [0.29, 0.717) is 12.5 Å². The van der Waals surface area contributed by atoms with E-state index in [1.807, 2.05) is 24.3 Å². The van der Waals surface area contributed by atoms with Crippen LogP contribution in [0.15, 0.2) is 24.3 Å². The van der Waals surface area contributed by atoms with E-state index in [9.17, 15) is 4.79 Å². The van der Waals surface area contributed by atoms with Gasteiger partial charge in [-0.2, -0.15) is 0 Å². The molecule has 114 valence electrons. The maximum Gasteiger partial charge on any atom is 0.344 e. The van der Waals surface area contributed by atoms with Crippen molar-refractivity contribution in [3.8, 4) is 5.75 Å². The Morgan fingerprint density at radius 3 is 2.86 bits per heavy atom. The van der Waals surface area contributed by atoms with Crippen LogP contribution in [0, 0.1) is 5.92 Å². The van der Waals surface area contributed by atoms with Crippen molar-refractivity contribution in [3.05, 3.63) is 29.8 Å². The summed E-state index contributed by atoms with van der Waals surface area (Å²) in [5, 5.41) is 0. The molecule has 1 aliphatic heterocycles. The van der Waals surface area contributed by atoms with Crippen LogP contribution in [-0.4, -0.2) is 31.4 Å². The van der Waals surface area contributed by atoms with Crippen LogP contribution in [-0.2, 0) is 20.7 Å². The van der Waals surface area contributed by atoms with Gasteiger partial charge < -0.3 is 14.2 Å². The molecule has 4 heteroatoms. The summed E-state index contributed by atoms with van der Waals surface area (Å²) in [5.74, 6) is 0.862. The van der Waals surface area contributed by atoms with Crippen LogP contribution in [0.1, 0.15) is 31.7 Å². The van der Waals surface area contributed by atoms with Gasteiger partial charge in [-0.25, -0.2) is 4.79 Å². The van der Waals surface area contributed by atoms with E-state index in [4.69, 9.17) is 14.2 Å². The molecule has 4 nitrogen and oxygen atoms in total. The zero-order valence-electron chi connectivity index (χ0n) is 12.5. The van der Waals surface area contributed by atoms with E-state index in [0.717, 1.165) is 43.6 Å². The number of rotatable bonds is 6. The zero-order valence-corrected chi connectivity index (χ0v) is 12.5. The quantitative estimate of drug-likeness (QED) is 0.756. The van der Waals surface area contributed by atoms with E-state index in [1.165, 1.54) is 0 Å². The molecule has 0 bridgehead atoms. The van der Waals surface area contributed by atoms with Crippen LogP contribution in [0.25, 0.3) is 0 Å². The molecule has 1 saturated heterocycles. The predicted molar refractivity (Wildman–Crippen MR) is 78.3 cm³/mol. The Labute approximate surface area is 125 Å². The number of hydrogen-bond donors (Lipinski definition) is 0. The fraction of sp³-hybridized carbons (Fsp3) is 0.588. The van der Waals surface area contributed by atoms with Crippen molar-refractivity contribution >= 4 is 5.97 Å². The Hall–Kier alpha value is -1.55. The average Bonchev–Trinajstić information content (AvgIpc) is 3.06. The maximum absolute atomic E-state index is 12.0. The Kier molecular flexibility index (Phi) is 4.15. The zero-order chi connectivity index (χ0) is 14.7. The van der Waals surface area contributed by atoms with Gasteiger partial charge in [0.25, 0.3) is 0 Å². The number of benzene rings is 1. The molecule has 1 saturated carbocycles. The number of carbonyl (C=O) groups excluding carboxylic acids is 1. The highest BCUT2D eigenvalue weighted by atomic mass is 16.6. The molecule has 0 unspecified atom stereocenters. The number of carbonyl (C=O) groups is 1. The molecule has 0 aromatic heterocycles. The molecule has 1 aromatic carbocycles. The molecular weight excluding hydrogens is 268 g/mol. The Morgan fingerprint density at radius 2 is 2.19 bits per heavy atom. The van der Waals surface area contributed by atoms with Crippen molar-refractivity contribution in [2.45, 2.75) is 38.2 Å². The minimum absolute atomic E-state index is 0.0215. The molecule has 1 aliphatic carbocycles. The van der Waals surface area contributed by atoms with Crippen molar-refractivity contribution in [2.24, 2.45) is 5.92 Å². The van der Waals surface area contributed by atoms with Gasteiger partial charge in [0.15, 0.2) is 6.61 Å². The fourth-order valence-corrected chi connectivity index (χ4v) is 3.00. The average molecular weight is 290 g/mol. The second kappa shape index (κ2) is 6.06. The Bertz CT molecular complexity index is 501. The number of aryl methyl sites for hydroxylation is 1. The highest BCUT2D eigenvalue weighted by Gasteiger charge is 2.54. The smallest absolute Gasteiger partial charge is 0.344 e. The summed E-state index contributed by atoms with van der Waals surface area (Å²) in [7, 11) is 0. The second-order valence-electron chi connectivity index (χ2n) is 5.85. The second-order valence-corrected chi connectivity index (χ2v) is 5.85. The maximum atomic E-state index is 12.0. The lowest BCUT2D eigenvalue weighted by atomic mass is 9.99. The third kappa shape index (κ3) is 3.21. The van der Waals surface area contributed by atoms with E-state index in [1.54, 1.807) is 0 Å². The molecule has 1 atom stereocenters. The third-order valence-electron chi connectivity index (χ3n) is 4.43. The van der Waals surface area contributed by atoms with Crippen LogP contribution >= 0.6 is 0 Å². The molecule has 1 heterocycles. The van der Waals surface area contributed by atoms with E-state index < -0.39 is 0 Å². The van der Waals surface area contributed by atoms with E-state index in [-0.39, 0.29) is 18.2 Å². The molecule has 2 fully saturated rings. The first kappa shape index (κ1) is 14.4. The van der Waals surface area contributed by atoms with Crippen LogP contribution in [0.3, 0.4) is 0 Å². The Morgan fingerprint density at radius 1 is 1.38 bits per heavy atom. The third-order valence-corrected chi connectivity index (χ3v) is 4.43. The van der Waals surface area contributed by atoms with Crippen LogP contribution in [0.5, 0.6) is 5.75 Å².